The van der Waals surface area contributed by atoms with Crippen molar-refractivity contribution < 1.29 is 9.66 Å². The fourth-order valence-corrected chi connectivity index (χ4v) is 2.10. The number of nitrogens with one attached hydrogen (secondary N) is 1. The maximum Gasteiger partial charge on any atom is 0.366 e. The zero-order valence-electron chi connectivity index (χ0n) is 13.3. The van der Waals surface area contributed by atoms with Crippen molar-refractivity contribution in [2.45, 2.75) is 13.8 Å². The Kier molecular flexibility index (Phi) is 5.30. The Balaban J connectivity index is 2.37. The van der Waals surface area contributed by atoms with E-state index in [1.807, 2.05) is 42.5 Å². The summed E-state index contributed by atoms with van der Waals surface area (Å²) in [5.74, 6) is 0.151. The summed E-state index contributed by atoms with van der Waals surface area (Å²) in [6.45, 7) is 3.45. The number of hydrogen-bond acceptors (Lipinski definition) is 5. The van der Waals surface area contributed by atoms with Crippen LogP contribution >= 0.6 is 0 Å². The molecule has 2 aromatic carbocycles. The summed E-state index contributed by atoms with van der Waals surface area (Å²) in [5, 5.41) is 14.9. The molecule has 0 aliphatic carbocycles. The van der Waals surface area contributed by atoms with Crippen LogP contribution in [0.15, 0.2) is 53.6 Å². The molecule has 0 aliphatic heterocycles. The zero-order chi connectivity index (χ0) is 16.8. The molecule has 0 aromatic heterocycles. The van der Waals surface area contributed by atoms with Crippen molar-refractivity contribution in [3.63, 3.8) is 0 Å². The van der Waals surface area contributed by atoms with Crippen LogP contribution in [0.2, 0.25) is 0 Å². The molecule has 0 amide bonds. The molecule has 2 rings (SSSR count). The van der Waals surface area contributed by atoms with Gasteiger partial charge in [0.2, 0.25) is 0 Å². The van der Waals surface area contributed by atoms with Gasteiger partial charge in [-0.25, -0.2) is 0 Å². The molecule has 0 saturated carbocycles. The Bertz CT molecular complexity index is 712. The van der Waals surface area contributed by atoms with Crippen molar-refractivity contribution in [1.29, 1.82) is 0 Å². The van der Waals surface area contributed by atoms with Crippen LogP contribution in [0.5, 0.6) is 5.75 Å². The number of nitro groups is 1. The topological polar surface area (TPSA) is 76.8 Å². The Morgan fingerprint density at radius 1 is 1.17 bits per heavy atom. The SMILES string of the molecule is COc1ccc(-c2ccccc2)cc1N/N=C(/C(C)C)[N+](=O)[O-]. The molecule has 23 heavy (non-hydrogen) atoms. The molecule has 1 N–H and O–H groups in total. The summed E-state index contributed by atoms with van der Waals surface area (Å²) in [6, 6.07) is 15.4. The lowest BCUT2D eigenvalue weighted by Crippen LogP contribution is -2.20. The summed E-state index contributed by atoms with van der Waals surface area (Å²) < 4.78 is 5.29. The highest BCUT2D eigenvalue weighted by atomic mass is 16.6. The molecule has 0 atom stereocenters. The number of nitrogens with zero attached hydrogens (tertiary/aromatic N) is 2. The van der Waals surface area contributed by atoms with Crippen molar-refractivity contribution in [2.75, 3.05) is 12.5 Å². The monoisotopic (exact) mass is 313 g/mol. The molecule has 0 bridgehead atoms. The number of benzene rings is 2. The first-order valence-electron chi connectivity index (χ1n) is 7.24. The first-order valence-corrected chi connectivity index (χ1v) is 7.24. The Morgan fingerprint density at radius 2 is 1.87 bits per heavy atom. The average Bonchev–Trinajstić information content (AvgIpc) is 2.55. The number of hydrogen-bond donors (Lipinski definition) is 1. The van der Waals surface area contributed by atoms with Gasteiger partial charge in [-0.2, -0.15) is 5.43 Å². The standard InChI is InChI=1S/C17H19N3O3/c1-12(2)17(20(21)22)19-18-15-11-14(9-10-16(15)23-3)13-7-5-4-6-8-13/h4-12,18H,1-3H3/b19-17-. The second-order valence-corrected chi connectivity index (χ2v) is 5.27. The molecule has 0 radical (unpaired) electrons. The summed E-state index contributed by atoms with van der Waals surface area (Å²) in [7, 11) is 1.54. The number of ether oxygens (including phenoxy) is 1. The minimum Gasteiger partial charge on any atom is -0.494 e. The van der Waals surface area contributed by atoms with Crippen molar-refractivity contribution in [1.82, 2.24) is 0 Å². The summed E-state index contributed by atoms with van der Waals surface area (Å²) in [6.07, 6.45) is 0. The van der Waals surface area contributed by atoms with Crippen LogP contribution in [0.1, 0.15) is 13.8 Å². The van der Waals surface area contributed by atoms with Gasteiger partial charge in [-0.15, -0.1) is 0 Å². The molecule has 0 aliphatic rings. The van der Waals surface area contributed by atoms with Crippen LogP contribution in [0.4, 0.5) is 5.69 Å². The lowest BCUT2D eigenvalue weighted by Gasteiger charge is -2.09. The molecule has 0 unspecified atom stereocenters. The predicted molar refractivity (Wildman–Crippen MR) is 91.3 cm³/mol. The van der Waals surface area contributed by atoms with Crippen molar-refractivity contribution in [3.05, 3.63) is 58.6 Å². The first kappa shape index (κ1) is 16.5. The number of amidine groups is 1. The fraction of sp³-hybridized carbons (Fsp3) is 0.235. The van der Waals surface area contributed by atoms with Crippen molar-refractivity contribution >= 4 is 11.5 Å². The second kappa shape index (κ2) is 7.40. The van der Waals surface area contributed by atoms with Crippen molar-refractivity contribution in [3.8, 4) is 16.9 Å². The van der Waals surface area contributed by atoms with E-state index in [1.54, 1.807) is 27.0 Å². The fourth-order valence-electron chi connectivity index (χ4n) is 2.10. The lowest BCUT2D eigenvalue weighted by atomic mass is 10.1. The van der Waals surface area contributed by atoms with Crippen LogP contribution in [0, 0.1) is 16.0 Å². The van der Waals surface area contributed by atoms with Gasteiger partial charge in [0.1, 0.15) is 11.4 Å². The van der Waals surface area contributed by atoms with E-state index < -0.39 is 4.92 Å². The third-order valence-electron chi connectivity index (χ3n) is 3.30. The molecule has 0 fully saturated rings. The minimum absolute atomic E-state index is 0.128. The second-order valence-electron chi connectivity index (χ2n) is 5.27. The van der Waals surface area contributed by atoms with E-state index in [1.165, 1.54) is 0 Å². The van der Waals surface area contributed by atoms with Crippen molar-refractivity contribution in [2.24, 2.45) is 11.0 Å². The van der Waals surface area contributed by atoms with E-state index >= 15 is 0 Å². The molecular formula is C17H19N3O3. The van der Waals surface area contributed by atoms with Gasteiger partial charge in [0, 0.05) is 0 Å². The molecule has 0 heterocycles. The third-order valence-corrected chi connectivity index (χ3v) is 3.30. The Hall–Kier alpha value is -2.89. The normalized spacial score (nSPS) is 11.4. The first-order chi connectivity index (χ1) is 11.0. The smallest absolute Gasteiger partial charge is 0.366 e. The lowest BCUT2D eigenvalue weighted by molar-refractivity contribution is -0.356. The van der Waals surface area contributed by atoms with Crippen LogP contribution in [0.25, 0.3) is 11.1 Å². The molecule has 6 nitrogen and oxygen atoms in total. The zero-order valence-corrected chi connectivity index (χ0v) is 13.3. The largest absolute Gasteiger partial charge is 0.494 e. The Labute approximate surface area is 134 Å². The highest BCUT2D eigenvalue weighted by molar-refractivity contribution is 5.78. The number of anilines is 1. The molecular weight excluding hydrogens is 294 g/mol. The maximum atomic E-state index is 11.0. The Morgan fingerprint density at radius 3 is 2.43 bits per heavy atom. The van der Waals surface area contributed by atoms with Gasteiger partial charge in [-0.3, -0.25) is 0 Å². The van der Waals surface area contributed by atoms with E-state index in [-0.39, 0.29) is 11.8 Å². The van der Waals surface area contributed by atoms with Crippen LogP contribution in [-0.2, 0) is 0 Å². The van der Waals surface area contributed by atoms with Gasteiger partial charge >= 0.3 is 5.84 Å². The van der Waals surface area contributed by atoms with E-state index in [0.717, 1.165) is 11.1 Å². The van der Waals surface area contributed by atoms with Gasteiger partial charge in [0.15, 0.2) is 0 Å². The summed E-state index contributed by atoms with van der Waals surface area (Å²) in [4.78, 5) is 10.5. The molecule has 0 spiro atoms. The minimum atomic E-state index is -0.481. The van der Waals surface area contributed by atoms with Gasteiger partial charge in [0.25, 0.3) is 0 Å². The predicted octanol–water partition coefficient (Wildman–Crippen LogP) is 4.02. The van der Waals surface area contributed by atoms with Gasteiger partial charge in [-0.1, -0.05) is 50.2 Å². The number of methoxy groups -OCH3 is 1. The quantitative estimate of drug-likeness (QED) is 0.391. The maximum absolute atomic E-state index is 11.0. The molecule has 120 valence electrons. The summed E-state index contributed by atoms with van der Waals surface area (Å²) in [5.41, 5.74) is 5.35. The van der Waals surface area contributed by atoms with E-state index in [2.05, 4.69) is 10.5 Å². The third kappa shape index (κ3) is 4.06. The molecule has 6 heteroatoms. The van der Waals surface area contributed by atoms with Crippen LogP contribution < -0.4 is 10.2 Å². The van der Waals surface area contributed by atoms with Crippen LogP contribution in [0.3, 0.4) is 0 Å². The van der Waals surface area contributed by atoms with Gasteiger partial charge in [0.05, 0.1) is 18.1 Å². The molecule has 2 aromatic rings. The van der Waals surface area contributed by atoms with Crippen LogP contribution in [-0.4, -0.2) is 17.9 Å². The van der Waals surface area contributed by atoms with E-state index in [0.29, 0.717) is 11.4 Å². The summed E-state index contributed by atoms with van der Waals surface area (Å²) >= 11 is 0. The average molecular weight is 313 g/mol. The highest BCUT2D eigenvalue weighted by Crippen LogP contribution is 2.30. The van der Waals surface area contributed by atoms with E-state index in [4.69, 9.17) is 4.74 Å². The van der Waals surface area contributed by atoms with Gasteiger partial charge in [-0.05, 0) is 28.2 Å². The highest BCUT2D eigenvalue weighted by Gasteiger charge is 2.18. The number of hydrazone groups is 1. The number of rotatable bonds is 5. The van der Waals surface area contributed by atoms with E-state index in [9.17, 15) is 10.1 Å². The van der Waals surface area contributed by atoms with Gasteiger partial charge < -0.3 is 14.9 Å². The molecule has 0 saturated heterocycles.